The highest BCUT2D eigenvalue weighted by atomic mass is 32.1. The molecule has 4 nitrogen and oxygen atoms in total. The Morgan fingerprint density at radius 1 is 1.29 bits per heavy atom. The van der Waals surface area contributed by atoms with Gasteiger partial charge in [-0.3, -0.25) is 0 Å². The van der Waals surface area contributed by atoms with Crippen LogP contribution in [0.4, 0.5) is 11.6 Å². The van der Waals surface area contributed by atoms with E-state index >= 15 is 0 Å². The van der Waals surface area contributed by atoms with Crippen LogP contribution >= 0.6 is 11.3 Å². The number of hydrogen-bond acceptors (Lipinski definition) is 5. The minimum atomic E-state index is 0.936. The van der Waals surface area contributed by atoms with Crippen molar-refractivity contribution in [3.8, 4) is 0 Å². The first-order chi connectivity index (χ1) is 10.3. The molecule has 0 amide bonds. The number of rotatable bonds is 8. The van der Waals surface area contributed by atoms with Crippen molar-refractivity contribution in [1.82, 2.24) is 9.97 Å². The van der Waals surface area contributed by atoms with Gasteiger partial charge in [0.2, 0.25) is 0 Å². The second kappa shape index (κ2) is 7.98. The fourth-order valence-corrected chi connectivity index (χ4v) is 2.99. The summed E-state index contributed by atoms with van der Waals surface area (Å²) in [5.41, 5.74) is 1.21. The minimum absolute atomic E-state index is 0.936. The molecule has 21 heavy (non-hydrogen) atoms. The third-order valence-electron chi connectivity index (χ3n) is 3.45. The second-order valence-electron chi connectivity index (χ2n) is 5.06. The first-order valence-electron chi connectivity index (χ1n) is 7.57. The van der Waals surface area contributed by atoms with Crippen molar-refractivity contribution < 1.29 is 0 Å². The van der Waals surface area contributed by atoms with Crippen molar-refractivity contribution in [2.75, 3.05) is 30.4 Å². The zero-order chi connectivity index (χ0) is 15.1. The van der Waals surface area contributed by atoms with Crippen molar-refractivity contribution >= 4 is 23.0 Å². The highest BCUT2D eigenvalue weighted by Crippen LogP contribution is 2.23. The summed E-state index contributed by atoms with van der Waals surface area (Å²) in [5, 5.41) is 5.53. The van der Waals surface area contributed by atoms with Gasteiger partial charge in [-0.15, -0.1) is 11.3 Å². The molecule has 0 saturated carbocycles. The smallest absolute Gasteiger partial charge is 0.137 e. The monoisotopic (exact) mass is 304 g/mol. The molecule has 0 unspecified atom stereocenters. The Labute approximate surface area is 131 Å². The highest BCUT2D eigenvalue weighted by Gasteiger charge is 2.13. The first-order valence-corrected chi connectivity index (χ1v) is 8.45. The standard InChI is InChI=1S/C16H24N4S/c1-4-9-17-15-14(5-2)16(19-12-18-15)20(3)10-8-13-7-6-11-21-13/h6-7,11-12H,4-5,8-10H2,1-3H3,(H,17,18,19). The van der Waals surface area contributed by atoms with E-state index in [1.807, 2.05) is 11.3 Å². The second-order valence-corrected chi connectivity index (χ2v) is 6.09. The van der Waals surface area contributed by atoms with Gasteiger partial charge in [0.25, 0.3) is 0 Å². The molecule has 0 fully saturated rings. The van der Waals surface area contributed by atoms with E-state index < -0.39 is 0 Å². The normalized spacial score (nSPS) is 10.6. The molecule has 2 rings (SSSR count). The Morgan fingerprint density at radius 2 is 2.14 bits per heavy atom. The van der Waals surface area contributed by atoms with E-state index in [2.05, 4.69) is 58.6 Å². The Bertz CT molecular complexity index is 539. The Morgan fingerprint density at radius 3 is 2.81 bits per heavy atom. The van der Waals surface area contributed by atoms with Gasteiger partial charge in [0.15, 0.2) is 0 Å². The molecule has 0 bridgehead atoms. The Balaban J connectivity index is 2.09. The molecule has 2 aromatic rings. The molecule has 0 aliphatic heterocycles. The van der Waals surface area contributed by atoms with Crippen molar-refractivity contribution in [3.05, 3.63) is 34.3 Å². The molecule has 0 aliphatic rings. The average Bonchev–Trinajstić information content (AvgIpc) is 3.03. The van der Waals surface area contributed by atoms with Crippen LogP contribution in [0.5, 0.6) is 0 Å². The summed E-state index contributed by atoms with van der Waals surface area (Å²) in [5.74, 6) is 2.02. The molecule has 0 aromatic carbocycles. The predicted octanol–water partition coefficient (Wildman–Crippen LogP) is 3.60. The third kappa shape index (κ3) is 4.17. The van der Waals surface area contributed by atoms with Gasteiger partial charge in [0.05, 0.1) is 0 Å². The third-order valence-corrected chi connectivity index (χ3v) is 4.39. The molecule has 0 spiro atoms. The molecule has 0 radical (unpaired) electrons. The van der Waals surface area contributed by atoms with E-state index in [-0.39, 0.29) is 0 Å². The number of nitrogens with one attached hydrogen (secondary N) is 1. The number of likely N-dealkylation sites (N-methyl/N-ethyl adjacent to an activating group) is 1. The van der Waals surface area contributed by atoms with Gasteiger partial charge in [0, 0.05) is 30.6 Å². The quantitative estimate of drug-likeness (QED) is 0.809. The molecule has 5 heteroatoms. The van der Waals surface area contributed by atoms with Crippen LogP contribution in [0.1, 0.15) is 30.7 Å². The zero-order valence-electron chi connectivity index (χ0n) is 13.1. The fraction of sp³-hybridized carbons (Fsp3) is 0.500. The zero-order valence-corrected chi connectivity index (χ0v) is 13.9. The van der Waals surface area contributed by atoms with Gasteiger partial charge in [-0.1, -0.05) is 19.9 Å². The van der Waals surface area contributed by atoms with E-state index in [0.717, 1.165) is 44.0 Å². The summed E-state index contributed by atoms with van der Waals surface area (Å²) < 4.78 is 0. The van der Waals surface area contributed by atoms with E-state index in [4.69, 9.17) is 0 Å². The molecule has 0 aliphatic carbocycles. The lowest BCUT2D eigenvalue weighted by molar-refractivity contribution is 0.847. The molecule has 114 valence electrons. The lowest BCUT2D eigenvalue weighted by Crippen LogP contribution is -2.23. The van der Waals surface area contributed by atoms with Gasteiger partial charge in [-0.05, 0) is 30.7 Å². The topological polar surface area (TPSA) is 41.1 Å². The molecule has 0 saturated heterocycles. The van der Waals surface area contributed by atoms with Crippen LogP contribution in [0, 0.1) is 0 Å². The van der Waals surface area contributed by atoms with Crippen molar-refractivity contribution in [3.63, 3.8) is 0 Å². The van der Waals surface area contributed by atoms with E-state index in [1.54, 1.807) is 6.33 Å². The van der Waals surface area contributed by atoms with Crippen LogP contribution in [0.3, 0.4) is 0 Å². The minimum Gasteiger partial charge on any atom is -0.370 e. The predicted molar refractivity (Wildman–Crippen MR) is 91.5 cm³/mol. The molecule has 2 heterocycles. The first kappa shape index (κ1) is 15.8. The molecular weight excluding hydrogens is 280 g/mol. The average molecular weight is 304 g/mol. The Kier molecular flexibility index (Phi) is 5.99. The summed E-state index contributed by atoms with van der Waals surface area (Å²) in [4.78, 5) is 12.5. The summed E-state index contributed by atoms with van der Waals surface area (Å²) in [7, 11) is 2.11. The number of anilines is 2. The summed E-state index contributed by atoms with van der Waals surface area (Å²) >= 11 is 1.81. The summed E-state index contributed by atoms with van der Waals surface area (Å²) in [6.07, 6.45) is 4.75. The SMILES string of the molecule is CCCNc1ncnc(N(C)CCc2cccs2)c1CC. The maximum Gasteiger partial charge on any atom is 0.137 e. The van der Waals surface area contributed by atoms with Gasteiger partial charge >= 0.3 is 0 Å². The number of aromatic nitrogens is 2. The van der Waals surface area contributed by atoms with Gasteiger partial charge in [-0.2, -0.15) is 0 Å². The number of hydrogen-bond donors (Lipinski definition) is 1. The molecular formula is C16H24N4S. The molecule has 2 aromatic heterocycles. The van der Waals surface area contributed by atoms with Crippen molar-refractivity contribution in [1.29, 1.82) is 0 Å². The number of nitrogens with zero attached hydrogens (tertiary/aromatic N) is 3. The van der Waals surface area contributed by atoms with E-state index in [0.29, 0.717) is 0 Å². The van der Waals surface area contributed by atoms with Crippen LogP contribution in [0.25, 0.3) is 0 Å². The van der Waals surface area contributed by atoms with Crippen LogP contribution in [-0.4, -0.2) is 30.1 Å². The lowest BCUT2D eigenvalue weighted by atomic mass is 10.2. The van der Waals surface area contributed by atoms with Crippen molar-refractivity contribution in [2.45, 2.75) is 33.1 Å². The van der Waals surface area contributed by atoms with Crippen molar-refractivity contribution in [2.24, 2.45) is 0 Å². The molecule has 1 N–H and O–H groups in total. The maximum atomic E-state index is 4.50. The lowest BCUT2D eigenvalue weighted by Gasteiger charge is -2.22. The van der Waals surface area contributed by atoms with Gasteiger partial charge < -0.3 is 10.2 Å². The highest BCUT2D eigenvalue weighted by molar-refractivity contribution is 7.09. The van der Waals surface area contributed by atoms with Crippen LogP contribution in [0.2, 0.25) is 0 Å². The van der Waals surface area contributed by atoms with Crippen LogP contribution in [-0.2, 0) is 12.8 Å². The van der Waals surface area contributed by atoms with Crippen LogP contribution in [0.15, 0.2) is 23.8 Å². The summed E-state index contributed by atoms with van der Waals surface area (Å²) in [6.45, 7) is 6.24. The van der Waals surface area contributed by atoms with E-state index in [1.165, 1.54) is 10.4 Å². The van der Waals surface area contributed by atoms with Crippen LogP contribution < -0.4 is 10.2 Å². The molecule has 0 atom stereocenters. The fourth-order valence-electron chi connectivity index (χ4n) is 2.29. The Hall–Kier alpha value is -1.62. The maximum absolute atomic E-state index is 4.50. The largest absolute Gasteiger partial charge is 0.370 e. The van der Waals surface area contributed by atoms with Gasteiger partial charge in [-0.25, -0.2) is 9.97 Å². The van der Waals surface area contributed by atoms with E-state index in [9.17, 15) is 0 Å². The van der Waals surface area contributed by atoms with Gasteiger partial charge in [0.1, 0.15) is 18.0 Å². The summed E-state index contributed by atoms with van der Waals surface area (Å²) in [6, 6.07) is 4.29. The number of thiophene rings is 1.